The quantitative estimate of drug-likeness (QED) is 0.521. The van der Waals surface area contributed by atoms with E-state index >= 15 is 0 Å². The highest BCUT2D eigenvalue weighted by Gasteiger charge is 2.18. The van der Waals surface area contributed by atoms with Crippen LogP contribution in [0.3, 0.4) is 0 Å². The van der Waals surface area contributed by atoms with Gasteiger partial charge in [0.1, 0.15) is 0 Å². The number of carbonyl (C=O) groups is 3. The zero-order chi connectivity index (χ0) is 20.7. The number of nitrogens with zero attached hydrogens (tertiary/aromatic N) is 2. The molecule has 0 N–H and O–H groups in total. The molecule has 0 fully saturated rings. The van der Waals surface area contributed by atoms with Gasteiger partial charge in [0, 0.05) is 12.3 Å². The average Bonchev–Trinajstić information content (AvgIpc) is 2.68. The zero-order valence-corrected chi connectivity index (χ0v) is 15.8. The van der Waals surface area contributed by atoms with E-state index in [2.05, 4.69) is 5.10 Å². The maximum absolute atomic E-state index is 12.1. The van der Waals surface area contributed by atoms with Crippen LogP contribution < -0.4 is 5.43 Å². The van der Waals surface area contributed by atoms with Crippen LogP contribution in [0.2, 0.25) is 0 Å². The van der Waals surface area contributed by atoms with E-state index in [1.165, 1.54) is 29.1 Å². The van der Waals surface area contributed by atoms with Crippen LogP contribution in [0.25, 0.3) is 5.69 Å². The Morgan fingerprint density at radius 3 is 1.86 bits per heavy atom. The van der Waals surface area contributed by atoms with Crippen LogP contribution in [0.15, 0.2) is 35.3 Å². The number of ether oxygens (including phenoxy) is 3. The van der Waals surface area contributed by atoms with Crippen molar-refractivity contribution in [3.8, 4) is 5.69 Å². The molecule has 9 heteroatoms. The molecule has 0 aliphatic heterocycles. The molecule has 1 aromatic heterocycles. The van der Waals surface area contributed by atoms with Crippen LogP contribution in [-0.4, -0.2) is 47.5 Å². The van der Waals surface area contributed by atoms with Gasteiger partial charge in [-0.2, -0.15) is 5.10 Å². The Morgan fingerprint density at radius 1 is 0.857 bits per heavy atom. The van der Waals surface area contributed by atoms with Crippen molar-refractivity contribution < 1.29 is 28.6 Å². The van der Waals surface area contributed by atoms with Gasteiger partial charge >= 0.3 is 17.9 Å². The van der Waals surface area contributed by atoms with Crippen LogP contribution in [0, 0.1) is 0 Å². The van der Waals surface area contributed by atoms with Gasteiger partial charge in [0.15, 0.2) is 0 Å². The number of benzene rings is 1. The number of rotatable bonds is 7. The fraction of sp³-hybridized carbons (Fsp3) is 0.316. The predicted molar refractivity (Wildman–Crippen MR) is 97.7 cm³/mol. The number of carbonyl (C=O) groups excluding carboxylic acids is 3. The van der Waals surface area contributed by atoms with Crippen LogP contribution in [0.1, 0.15) is 52.0 Å². The molecule has 0 bridgehead atoms. The summed E-state index contributed by atoms with van der Waals surface area (Å²) >= 11 is 0. The van der Waals surface area contributed by atoms with Crippen molar-refractivity contribution in [2.45, 2.75) is 20.8 Å². The minimum absolute atomic E-state index is 0.0835. The molecule has 0 aliphatic carbocycles. The highest BCUT2D eigenvalue weighted by molar-refractivity contribution is 5.96. The van der Waals surface area contributed by atoms with Crippen molar-refractivity contribution in [2.24, 2.45) is 0 Å². The van der Waals surface area contributed by atoms with Crippen molar-refractivity contribution in [1.82, 2.24) is 9.78 Å². The van der Waals surface area contributed by atoms with Crippen LogP contribution in [0.4, 0.5) is 0 Å². The zero-order valence-electron chi connectivity index (χ0n) is 15.8. The molecule has 1 aromatic carbocycles. The Hall–Kier alpha value is -3.49. The fourth-order valence-corrected chi connectivity index (χ4v) is 2.30. The Kier molecular flexibility index (Phi) is 7.02. The van der Waals surface area contributed by atoms with Crippen molar-refractivity contribution in [3.63, 3.8) is 0 Å². The Labute approximate surface area is 160 Å². The van der Waals surface area contributed by atoms with E-state index in [1.54, 1.807) is 20.8 Å². The van der Waals surface area contributed by atoms with Crippen molar-refractivity contribution >= 4 is 17.9 Å². The van der Waals surface area contributed by atoms with Gasteiger partial charge in [-0.15, -0.1) is 0 Å². The smallest absolute Gasteiger partial charge is 0.362 e. The Balaban J connectivity index is 2.58. The molecule has 2 rings (SSSR count). The molecule has 0 amide bonds. The lowest BCUT2D eigenvalue weighted by Gasteiger charge is -2.11. The highest BCUT2D eigenvalue weighted by atomic mass is 16.5. The fourth-order valence-electron chi connectivity index (χ4n) is 2.30. The van der Waals surface area contributed by atoms with E-state index in [0.717, 1.165) is 6.07 Å². The van der Waals surface area contributed by atoms with Gasteiger partial charge in [0.25, 0.3) is 0 Å². The molecule has 0 radical (unpaired) electrons. The highest BCUT2D eigenvalue weighted by Crippen LogP contribution is 2.16. The topological polar surface area (TPSA) is 114 Å². The first-order valence-corrected chi connectivity index (χ1v) is 8.68. The molecule has 148 valence electrons. The van der Waals surface area contributed by atoms with Gasteiger partial charge in [0.2, 0.25) is 11.1 Å². The van der Waals surface area contributed by atoms with Crippen LogP contribution >= 0.6 is 0 Å². The summed E-state index contributed by atoms with van der Waals surface area (Å²) in [6.45, 7) is 5.31. The van der Waals surface area contributed by atoms with E-state index in [9.17, 15) is 19.2 Å². The number of aromatic nitrogens is 2. The molecule has 0 spiro atoms. The molecule has 1 heterocycles. The molecule has 0 aliphatic rings. The Morgan fingerprint density at radius 2 is 1.36 bits per heavy atom. The second kappa shape index (κ2) is 9.45. The molecule has 0 atom stereocenters. The first kappa shape index (κ1) is 20.8. The van der Waals surface area contributed by atoms with E-state index < -0.39 is 29.0 Å². The maximum Gasteiger partial charge on any atom is 0.362 e. The summed E-state index contributed by atoms with van der Waals surface area (Å²) in [7, 11) is 0. The summed E-state index contributed by atoms with van der Waals surface area (Å²) < 4.78 is 16.0. The van der Waals surface area contributed by atoms with Gasteiger partial charge in [-0.25, -0.2) is 19.1 Å². The third-order valence-electron chi connectivity index (χ3n) is 3.48. The third kappa shape index (κ3) is 4.81. The summed E-state index contributed by atoms with van der Waals surface area (Å²) in [6, 6.07) is 5.33. The van der Waals surface area contributed by atoms with Crippen molar-refractivity contribution in [1.29, 1.82) is 0 Å². The molecule has 0 unspecified atom stereocenters. The standard InChI is InChI=1S/C19H20N2O7/c1-4-26-17(23)12-9-13(18(24)27-5-2)11-14(10-12)21-8-7-15(22)16(20-21)19(25)28-6-3/h7-11H,4-6H2,1-3H3. The average molecular weight is 388 g/mol. The van der Waals surface area contributed by atoms with Gasteiger partial charge in [-0.05, 0) is 39.0 Å². The first-order chi connectivity index (χ1) is 13.4. The molecule has 9 nitrogen and oxygen atoms in total. The largest absolute Gasteiger partial charge is 0.462 e. The van der Waals surface area contributed by atoms with E-state index in [-0.39, 0.29) is 36.6 Å². The summed E-state index contributed by atoms with van der Waals surface area (Å²) in [5.41, 5.74) is -0.564. The molecule has 0 saturated heterocycles. The van der Waals surface area contributed by atoms with E-state index in [1.807, 2.05) is 0 Å². The maximum atomic E-state index is 12.1. The van der Waals surface area contributed by atoms with Gasteiger partial charge in [-0.3, -0.25) is 4.79 Å². The van der Waals surface area contributed by atoms with Gasteiger partial charge in [0.05, 0.1) is 36.6 Å². The summed E-state index contributed by atoms with van der Waals surface area (Å²) in [5.74, 6) is -2.14. The normalized spacial score (nSPS) is 10.2. The van der Waals surface area contributed by atoms with Crippen LogP contribution in [-0.2, 0) is 14.2 Å². The SMILES string of the molecule is CCOC(=O)c1cc(C(=O)OCC)cc(-n2ccc(=O)c(C(=O)OCC)n2)c1. The first-order valence-electron chi connectivity index (χ1n) is 8.68. The lowest BCUT2D eigenvalue weighted by Crippen LogP contribution is -2.22. The number of hydrogen-bond acceptors (Lipinski definition) is 8. The molecule has 0 saturated carbocycles. The number of esters is 3. The van der Waals surface area contributed by atoms with Crippen molar-refractivity contribution in [3.05, 3.63) is 57.5 Å². The van der Waals surface area contributed by atoms with Gasteiger partial charge < -0.3 is 14.2 Å². The van der Waals surface area contributed by atoms with E-state index in [0.29, 0.717) is 0 Å². The van der Waals surface area contributed by atoms with Gasteiger partial charge in [-0.1, -0.05) is 0 Å². The molecular formula is C19H20N2O7. The number of hydrogen-bond donors (Lipinski definition) is 0. The lowest BCUT2D eigenvalue weighted by atomic mass is 10.1. The summed E-state index contributed by atoms with van der Waals surface area (Å²) in [4.78, 5) is 48.1. The minimum atomic E-state index is -0.867. The van der Waals surface area contributed by atoms with Crippen molar-refractivity contribution in [2.75, 3.05) is 19.8 Å². The summed E-state index contributed by atoms with van der Waals surface area (Å²) in [5, 5.41) is 3.98. The molecule has 28 heavy (non-hydrogen) atoms. The molecule has 2 aromatic rings. The van der Waals surface area contributed by atoms with E-state index in [4.69, 9.17) is 14.2 Å². The summed E-state index contributed by atoms with van der Waals surface area (Å²) in [6.07, 6.45) is 1.31. The minimum Gasteiger partial charge on any atom is -0.462 e. The van der Waals surface area contributed by atoms with Crippen LogP contribution in [0.5, 0.6) is 0 Å². The monoisotopic (exact) mass is 388 g/mol. The lowest BCUT2D eigenvalue weighted by molar-refractivity contribution is 0.0505. The second-order valence-electron chi connectivity index (χ2n) is 5.40. The Bertz CT molecular complexity index is 913. The molecular weight excluding hydrogens is 368 g/mol. The predicted octanol–water partition coefficient (Wildman–Crippen LogP) is 1.76. The second-order valence-corrected chi connectivity index (χ2v) is 5.40. The third-order valence-corrected chi connectivity index (χ3v) is 3.48.